The minimum Gasteiger partial charge on any atom is -0.248 e. The summed E-state index contributed by atoms with van der Waals surface area (Å²) in [7, 11) is 0. The average molecular weight is 664 g/mol. The second kappa shape index (κ2) is 13.2. The second-order valence-corrected chi connectivity index (χ2v) is 12.6. The maximum atomic E-state index is 9.40. The van der Waals surface area contributed by atoms with E-state index in [2.05, 4.69) is 91.0 Å². The Bertz CT molecular complexity index is 2700. The first kappa shape index (κ1) is 30.7. The molecule has 0 aliphatic heterocycles. The predicted octanol–water partition coefficient (Wildman–Crippen LogP) is 11.4. The van der Waals surface area contributed by atoms with Crippen LogP contribution in [0.25, 0.3) is 89.4 Å². The number of nitriles is 1. The Morgan fingerprint density at radius 3 is 1.37 bits per heavy atom. The molecule has 9 aromatic rings. The van der Waals surface area contributed by atoms with E-state index >= 15 is 0 Å². The number of rotatable bonds is 6. The van der Waals surface area contributed by atoms with Crippen LogP contribution in [0.1, 0.15) is 5.56 Å². The summed E-state index contributed by atoms with van der Waals surface area (Å²) in [6, 6.07) is 61.7. The van der Waals surface area contributed by atoms with E-state index in [4.69, 9.17) is 19.9 Å². The van der Waals surface area contributed by atoms with Crippen molar-refractivity contribution in [1.82, 2.24) is 19.9 Å². The molecule has 0 saturated heterocycles. The first-order chi connectivity index (χ1) is 25.7. The zero-order valence-electron chi connectivity index (χ0n) is 28.0. The third kappa shape index (κ3) is 5.75. The van der Waals surface area contributed by atoms with Crippen molar-refractivity contribution in [2.75, 3.05) is 0 Å². The van der Waals surface area contributed by atoms with E-state index < -0.39 is 0 Å². The third-order valence-corrected chi connectivity index (χ3v) is 9.36. The van der Waals surface area contributed by atoms with E-state index in [0.717, 1.165) is 71.9 Å². The molecule has 0 N–H and O–H groups in total. The number of hydrogen-bond donors (Lipinski definition) is 0. The maximum Gasteiger partial charge on any atom is 0.164 e. The van der Waals surface area contributed by atoms with Crippen LogP contribution in [-0.4, -0.2) is 19.9 Å². The van der Waals surface area contributed by atoms with Gasteiger partial charge in [-0.05, 0) is 57.3 Å². The van der Waals surface area contributed by atoms with Crippen molar-refractivity contribution in [1.29, 1.82) is 5.26 Å². The Hall–Kier alpha value is -7.29. The quantitative estimate of drug-likeness (QED) is 0.166. The minimum absolute atomic E-state index is 0.615. The lowest BCUT2D eigenvalue weighted by molar-refractivity contribution is 1.07. The Morgan fingerprint density at radius 2 is 0.808 bits per heavy atom. The SMILES string of the molecule is N#Cc1ccc(-c2cc(-c3ccccc3)c3c(cc(-c4ccc(-c5nc(-c6ccccc6)nc(-c6ccccc6)n5)cc4)c4ccccc43)n2)cc1. The second-order valence-electron chi connectivity index (χ2n) is 12.6. The summed E-state index contributed by atoms with van der Waals surface area (Å²) in [5, 5.41) is 12.8. The molecule has 52 heavy (non-hydrogen) atoms. The molecule has 0 radical (unpaired) electrons. The third-order valence-electron chi connectivity index (χ3n) is 9.36. The Morgan fingerprint density at radius 1 is 0.365 bits per heavy atom. The van der Waals surface area contributed by atoms with E-state index in [1.54, 1.807) is 0 Å². The fraction of sp³-hybridized carbons (Fsp3) is 0. The molecule has 2 aromatic heterocycles. The molecule has 0 unspecified atom stereocenters. The van der Waals surface area contributed by atoms with E-state index in [-0.39, 0.29) is 0 Å². The fourth-order valence-electron chi connectivity index (χ4n) is 6.79. The van der Waals surface area contributed by atoms with Crippen LogP contribution < -0.4 is 0 Å². The molecule has 5 heteroatoms. The van der Waals surface area contributed by atoms with Crippen molar-refractivity contribution in [3.05, 3.63) is 181 Å². The lowest BCUT2D eigenvalue weighted by atomic mass is 9.90. The van der Waals surface area contributed by atoms with Crippen LogP contribution in [-0.2, 0) is 0 Å². The first-order valence-corrected chi connectivity index (χ1v) is 17.1. The van der Waals surface area contributed by atoms with Gasteiger partial charge in [0, 0.05) is 27.6 Å². The van der Waals surface area contributed by atoms with Gasteiger partial charge in [-0.25, -0.2) is 19.9 Å². The topological polar surface area (TPSA) is 75.3 Å². The van der Waals surface area contributed by atoms with Crippen LogP contribution in [0.4, 0.5) is 0 Å². The summed E-state index contributed by atoms with van der Waals surface area (Å²) in [6.07, 6.45) is 0. The molecule has 0 fully saturated rings. The van der Waals surface area contributed by atoms with Crippen molar-refractivity contribution in [3.8, 4) is 73.7 Å². The maximum absolute atomic E-state index is 9.40. The van der Waals surface area contributed by atoms with Gasteiger partial charge in [-0.2, -0.15) is 5.26 Å². The molecule has 0 bridgehead atoms. The van der Waals surface area contributed by atoms with E-state index in [1.165, 1.54) is 0 Å². The largest absolute Gasteiger partial charge is 0.248 e. The summed E-state index contributed by atoms with van der Waals surface area (Å²) in [6.45, 7) is 0. The van der Waals surface area contributed by atoms with Gasteiger partial charge in [-0.1, -0.05) is 152 Å². The summed E-state index contributed by atoms with van der Waals surface area (Å²) < 4.78 is 0. The summed E-state index contributed by atoms with van der Waals surface area (Å²) >= 11 is 0. The number of benzene rings is 7. The van der Waals surface area contributed by atoms with Gasteiger partial charge >= 0.3 is 0 Å². The van der Waals surface area contributed by atoms with Crippen LogP contribution in [0.5, 0.6) is 0 Å². The van der Waals surface area contributed by atoms with Crippen molar-refractivity contribution < 1.29 is 0 Å². The zero-order valence-corrected chi connectivity index (χ0v) is 28.0. The molecule has 9 rings (SSSR count). The molecule has 7 aromatic carbocycles. The lowest BCUT2D eigenvalue weighted by Crippen LogP contribution is -2.00. The van der Waals surface area contributed by atoms with Crippen LogP contribution in [0, 0.1) is 11.3 Å². The molecule has 242 valence electrons. The molecular weight excluding hydrogens is 635 g/mol. The number of fused-ring (bicyclic) bond motifs is 3. The van der Waals surface area contributed by atoms with Crippen LogP contribution in [0.3, 0.4) is 0 Å². The summed E-state index contributed by atoms with van der Waals surface area (Å²) in [5.74, 6) is 1.88. The Balaban J connectivity index is 1.20. The molecular formula is C47H29N5. The summed E-state index contributed by atoms with van der Waals surface area (Å²) in [4.78, 5) is 20.0. The zero-order chi connectivity index (χ0) is 34.9. The lowest BCUT2D eigenvalue weighted by Gasteiger charge is -2.16. The first-order valence-electron chi connectivity index (χ1n) is 17.1. The van der Waals surface area contributed by atoms with Gasteiger partial charge in [-0.3, -0.25) is 0 Å². The van der Waals surface area contributed by atoms with Crippen molar-refractivity contribution in [2.45, 2.75) is 0 Å². The number of hydrogen-bond acceptors (Lipinski definition) is 5. The predicted molar refractivity (Wildman–Crippen MR) is 210 cm³/mol. The van der Waals surface area contributed by atoms with E-state index in [9.17, 15) is 5.26 Å². The standard InChI is InChI=1S/C47H29N5/c48-30-31-20-22-34(23-21-31)42-29-41(32-12-4-1-5-13-32)44-39-19-11-10-18-38(39)40(28-43(44)49-42)33-24-26-37(27-25-33)47-51-45(35-14-6-2-7-15-35)50-46(52-47)36-16-8-3-9-17-36/h1-29H. The van der Waals surface area contributed by atoms with Gasteiger partial charge in [0.2, 0.25) is 0 Å². The molecule has 0 aliphatic carbocycles. The highest BCUT2D eigenvalue weighted by Gasteiger charge is 2.17. The van der Waals surface area contributed by atoms with E-state index in [0.29, 0.717) is 23.0 Å². The molecule has 5 nitrogen and oxygen atoms in total. The monoisotopic (exact) mass is 663 g/mol. The van der Waals surface area contributed by atoms with Gasteiger partial charge in [0.25, 0.3) is 0 Å². The number of nitrogens with zero attached hydrogens (tertiary/aromatic N) is 5. The van der Waals surface area contributed by atoms with E-state index in [1.807, 2.05) is 91.0 Å². The van der Waals surface area contributed by atoms with Crippen molar-refractivity contribution in [2.24, 2.45) is 0 Å². The minimum atomic E-state index is 0.615. The van der Waals surface area contributed by atoms with Crippen LogP contribution in [0.2, 0.25) is 0 Å². The van der Waals surface area contributed by atoms with Gasteiger partial charge in [0.15, 0.2) is 17.5 Å². The molecule has 0 saturated carbocycles. The van der Waals surface area contributed by atoms with Crippen molar-refractivity contribution >= 4 is 21.7 Å². The highest BCUT2D eigenvalue weighted by Crippen LogP contribution is 2.41. The highest BCUT2D eigenvalue weighted by atomic mass is 15.0. The number of aromatic nitrogens is 4. The Kier molecular flexibility index (Phi) is 7.81. The van der Waals surface area contributed by atoms with Gasteiger partial charge in [0.1, 0.15) is 0 Å². The van der Waals surface area contributed by atoms with Crippen LogP contribution in [0.15, 0.2) is 176 Å². The van der Waals surface area contributed by atoms with Gasteiger partial charge < -0.3 is 0 Å². The molecule has 0 spiro atoms. The average Bonchev–Trinajstić information content (AvgIpc) is 3.24. The molecule has 0 atom stereocenters. The number of pyridine rings is 1. The van der Waals surface area contributed by atoms with Gasteiger partial charge in [-0.15, -0.1) is 0 Å². The van der Waals surface area contributed by atoms with Crippen molar-refractivity contribution in [3.63, 3.8) is 0 Å². The normalized spacial score (nSPS) is 11.1. The van der Waals surface area contributed by atoms with Crippen LogP contribution >= 0.6 is 0 Å². The smallest absolute Gasteiger partial charge is 0.164 e. The Labute approximate surface area is 301 Å². The summed E-state index contributed by atoms with van der Waals surface area (Å²) in [5.41, 5.74) is 10.5. The fourth-order valence-corrected chi connectivity index (χ4v) is 6.79. The highest BCUT2D eigenvalue weighted by molar-refractivity contribution is 6.18. The van der Waals surface area contributed by atoms with Gasteiger partial charge in [0.05, 0.1) is 22.8 Å². The molecule has 0 amide bonds. The molecule has 2 heterocycles. The molecule has 0 aliphatic rings.